The van der Waals surface area contributed by atoms with Gasteiger partial charge in [0.2, 0.25) is 0 Å². The van der Waals surface area contributed by atoms with Crippen LogP contribution in [0, 0.1) is 6.92 Å². The third-order valence-corrected chi connectivity index (χ3v) is 4.33. The molecule has 1 fully saturated rings. The number of hydrogen-bond acceptors (Lipinski definition) is 2. The number of hydrogen-bond donors (Lipinski definition) is 0. The molecule has 0 spiro atoms. The van der Waals surface area contributed by atoms with Gasteiger partial charge in [0.25, 0.3) is 5.91 Å². The van der Waals surface area contributed by atoms with Crippen molar-refractivity contribution in [2.75, 3.05) is 13.1 Å². The monoisotopic (exact) mass is 321 g/mol. The lowest BCUT2D eigenvalue weighted by Gasteiger charge is -2.28. The number of ether oxygens (including phenoxy) is 1. The first-order chi connectivity index (χ1) is 11.6. The molecule has 0 radical (unpaired) electrons. The average Bonchev–Trinajstić information content (AvgIpc) is 2.60. The quantitative estimate of drug-likeness (QED) is 0.783. The molecule has 1 saturated heterocycles. The van der Waals surface area contributed by atoms with Crippen LogP contribution in [0.3, 0.4) is 0 Å². The maximum atomic E-state index is 12.6. The highest BCUT2D eigenvalue weighted by atomic mass is 16.5. The van der Waals surface area contributed by atoms with Crippen molar-refractivity contribution in [3.05, 3.63) is 77.4 Å². The summed E-state index contributed by atoms with van der Waals surface area (Å²) in [4.78, 5) is 14.5. The molecule has 3 nitrogen and oxygen atoms in total. The molecule has 0 unspecified atom stereocenters. The molecule has 124 valence electrons. The third-order valence-electron chi connectivity index (χ3n) is 4.33. The van der Waals surface area contributed by atoms with Crippen molar-refractivity contribution in [3.8, 4) is 5.75 Å². The van der Waals surface area contributed by atoms with Gasteiger partial charge in [0.05, 0.1) is 0 Å². The lowest BCUT2D eigenvalue weighted by molar-refractivity contribution is 0.0743. The van der Waals surface area contributed by atoms with Crippen LogP contribution in [0.1, 0.15) is 34.3 Å². The molecule has 2 aromatic carbocycles. The van der Waals surface area contributed by atoms with Gasteiger partial charge in [-0.1, -0.05) is 48.0 Å². The average molecular weight is 321 g/mol. The number of carbonyl (C=O) groups excluding carboxylic acids is 1. The van der Waals surface area contributed by atoms with Gasteiger partial charge in [0.15, 0.2) is 0 Å². The molecule has 0 aromatic heterocycles. The second-order valence-electron chi connectivity index (χ2n) is 6.35. The van der Waals surface area contributed by atoms with E-state index >= 15 is 0 Å². The number of likely N-dealkylation sites (tertiary alicyclic amines) is 1. The third kappa shape index (κ3) is 4.05. The van der Waals surface area contributed by atoms with Crippen LogP contribution >= 0.6 is 0 Å². The second kappa shape index (κ2) is 7.35. The van der Waals surface area contributed by atoms with Gasteiger partial charge in [-0.2, -0.15) is 0 Å². The molecule has 0 aliphatic carbocycles. The highest BCUT2D eigenvalue weighted by Gasteiger charge is 2.19. The number of piperidine rings is 1. The van der Waals surface area contributed by atoms with Gasteiger partial charge in [-0.3, -0.25) is 4.79 Å². The molecule has 24 heavy (non-hydrogen) atoms. The largest absolute Gasteiger partial charge is 0.489 e. The van der Waals surface area contributed by atoms with Crippen molar-refractivity contribution >= 4 is 5.91 Å². The Balaban J connectivity index is 1.65. The molecule has 0 atom stereocenters. The summed E-state index contributed by atoms with van der Waals surface area (Å²) in [6.07, 6.45) is 1.80. The lowest BCUT2D eigenvalue weighted by Crippen LogP contribution is -2.36. The summed E-state index contributed by atoms with van der Waals surface area (Å²) < 4.78 is 5.86. The van der Waals surface area contributed by atoms with Crippen LogP contribution in [0.25, 0.3) is 0 Å². The van der Waals surface area contributed by atoms with E-state index in [2.05, 4.69) is 25.6 Å². The Kier molecular flexibility index (Phi) is 4.99. The zero-order chi connectivity index (χ0) is 16.9. The lowest BCUT2D eigenvalue weighted by atomic mass is 10.0. The number of amides is 1. The first-order valence-corrected chi connectivity index (χ1v) is 8.36. The van der Waals surface area contributed by atoms with Crippen molar-refractivity contribution in [3.63, 3.8) is 0 Å². The van der Waals surface area contributed by atoms with E-state index in [0.29, 0.717) is 12.2 Å². The number of carbonyl (C=O) groups is 1. The van der Waals surface area contributed by atoms with E-state index in [1.54, 1.807) is 0 Å². The van der Waals surface area contributed by atoms with E-state index in [9.17, 15) is 4.79 Å². The molecule has 3 rings (SSSR count). The maximum Gasteiger partial charge on any atom is 0.254 e. The zero-order valence-corrected chi connectivity index (χ0v) is 14.1. The Labute approximate surface area is 143 Å². The highest BCUT2D eigenvalue weighted by Crippen LogP contribution is 2.20. The fourth-order valence-electron chi connectivity index (χ4n) is 2.90. The van der Waals surface area contributed by atoms with Crippen LogP contribution in [0.4, 0.5) is 0 Å². The van der Waals surface area contributed by atoms with Crippen LogP contribution in [0.5, 0.6) is 5.75 Å². The molecule has 1 aliphatic heterocycles. The van der Waals surface area contributed by atoms with Crippen molar-refractivity contribution in [1.82, 2.24) is 4.90 Å². The molecular weight excluding hydrogens is 298 g/mol. The van der Waals surface area contributed by atoms with Gasteiger partial charge in [0, 0.05) is 18.7 Å². The van der Waals surface area contributed by atoms with E-state index in [0.717, 1.165) is 37.2 Å². The molecule has 1 amide bonds. The molecule has 1 heterocycles. The number of nitrogens with zero attached hydrogens (tertiary/aromatic N) is 1. The standard InChI is InChI=1S/C21H23NO2/c1-16-9-11-22(12-10-16)21(23)19-7-4-8-20(14-19)24-15-18-6-3-5-17(2)13-18/h3-8,13-14H,1,9-12,15H2,2H3. The van der Waals surface area contributed by atoms with Crippen molar-refractivity contribution in [2.24, 2.45) is 0 Å². The highest BCUT2D eigenvalue weighted by molar-refractivity contribution is 5.94. The summed E-state index contributed by atoms with van der Waals surface area (Å²) in [5.74, 6) is 0.798. The van der Waals surface area contributed by atoms with E-state index in [1.807, 2.05) is 41.3 Å². The fourth-order valence-corrected chi connectivity index (χ4v) is 2.90. The van der Waals surface area contributed by atoms with Crippen LogP contribution in [-0.4, -0.2) is 23.9 Å². The van der Waals surface area contributed by atoms with Gasteiger partial charge in [-0.25, -0.2) is 0 Å². The normalized spacial score (nSPS) is 14.5. The summed E-state index contributed by atoms with van der Waals surface area (Å²) in [6.45, 7) is 8.08. The van der Waals surface area contributed by atoms with E-state index in [4.69, 9.17) is 4.74 Å². The Morgan fingerprint density at radius 1 is 1.12 bits per heavy atom. The number of aryl methyl sites for hydroxylation is 1. The van der Waals surface area contributed by atoms with Gasteiger partial charge in [-0.05, 0) is 43.5 Å². The topological polar surface area (TPSA) is 29.5 Å². The van der Waals surface area contributed by atoms with Crippen LogP contribution in [-0.2, 0) is 6.61 Å². The van der Waals surface area contributed by atoms with Crippen LogP contribution < -0.4 is 4.74 Å². The van der Waals surface area contributed by atoms with Crippen LogP contribution in [0.15, 0.2) is 60.7 Å². The fraction of sp³-hybridized carbons (Fsp3) is 0.286. The van der Waals surface area contributed by atoms with Gasteiger partial charge >= 0.3 is 0 Å². The smallest absolute Gasteiger partial charge is 0.254 e. The van der Waals surface area contributed by atoms with E-state index < -0.39 is 0 Å². The second-order valence-corrected chi connectivity index (χ2v) is 6.35. The summed E-state index contributed by atoms with van der Waals surface area (Å²) in [5, 5.41) is 0. The van der Waals surface area contributed by atoms with Gasteiger partial charge < -0.3 is 9.64 Å². The zero-order valence-electron chi connectivity index (χ0n) is 14.1. The first kappa shape index (κ1) is 16.3. The summed E-state index contributed by atoms with van der Waals surface area (Å²) in [7, 11) is 0. The number of benzene rings is 2. The molecule has 3 heteroatoms. The minimum Gasteiger partial charge on any atom is -0.489 e. The summed E-state index contributed by atoms with van der Waals surface area (Å²) in [6, 6.07) is 15.7. The molecule has 1 aliphatic rings. The molecule has 0 bridgehead atoms. The van der Waals surface area contributed by atoms with Crippen molar-refractivity contribution in [2.45, 2.75) is 26.4 Å². The molecule has 0 saturated carbocycles. The van der Waals surface area contributed by atoms with Crippen LogP contribution in [0.2, 0.25) is 0 Å². The Hall–Kier alpha value is -2.55. The van der Waals surface area contributed by atoms with E-state index in [1.165, 1.54) is 11.1 Å². The van der Waals surface area contributed by atoms with Crippen molar-refractivity contribution < 1.29 is 9.53 Å². The van der Waals surface area contributed by atoms with E-state index in [-0.39, 0.29) is 5.91 Å². The summed E-state index contributed by atoms with van der Waals surface area (Å²) in [5.41, 5.74) is 4.26. The Morgan fingerprint density at radius 3 is 2.62 bits per heavy atom. The summed E-state index contributed by atoms with van der Waals surface area (Å²) >= 11 is 0. The predicted octanol–water partition coefficient (Wildman–Crippen LogP) is 4.37. The molecule has 2 aromatic rings. The predicted molar refractivity (Wildman–Crippen MR) is 96.2 cm³/mol. The minimum absolute atomic E-state index is 0.0727. The van der Waals surface area contributed by atoms with Gasteiger partial charge in [-0.15, -0.1) is 0 Å². The van der Waals surface area contributed by atoms with Crippen molar-refractivity contribution in [1.29, 1.82) is 0 Å². The SMILES string of the molecule is C=C1CCN(C(=O)c2cccc(OCc3cccc(C)c3)c2)CC1. The maximum absolute atomic E-state index is 12.6. The number of rotatable bonds is 4. The van der Waals surface area contributed by atoms with Gasteiger partial charge in [0.1, 0.15) is 12.4 Å². The molecule has 0 N–H and O–H groups in total. The first-order valence-electron chi connectivity index (χ1n) is 8.36. The Morgan fingerprint density at radius 2 is 1.88 bits per heavy atom. The minimum atomic E-state index is 0.0727. The Bertz CT molecular complexity index is 741. The molecular formula is C21H23NO2.